The van der Waals surface area contributed by atoms with Gasteiger partial charge in [0.2, 0.25) is 0 Å². The van der Waals surface area contributed by atoms with E-state index in [4.69, 9.17) is 4.74 Å². The third-order valence-corrected chi connectivity index (χ3v) is 2.94. The number of hydrogen-bond acceptors (Lipinski definition) is 5. The maximum atomic E-state index is 11.7. The second-order valence-electron chi connectivity index (χ2n) is 5.84. The van der Waals surface area contributed by atoms with Gasteiger partial charge in [-0.3, -0.25) is 0 Å². The molecule has 2 rings (SSSR count). The summed E-state index contributed by atoms with van der Waals surface area (Å²) in [4.78, 5) is 11.7. The van der Waals surface area contributed by atoms with Crippen LogP contribution in [0.2, 0.25) is 0 Å². The van der Waals surface area contributed by atoms with Crippen LogP contribution >= 0.6 is 0 Å². The number of rotatable bonds is 4. The zero-order valence-electron chi connectivity index (χ0n) is 11.1. The van der Waals surface area contributed by atoms with Crippen LogP contribution in [0.15, 0.2) is 6.20 Å². The van der Waals surface area contributed by atoms with E-state index in [9.17, 15) is 4.79 Å². The van der Waals surface area contributed by atoms with Crippen LogP contribution in [-0.2, 0) is 4.74 Å². The maximum absolute atomic E-state index is 11.7. The number of nitrogens with zero attached hydrogens (tertiary/aromatic N) is 3. The topological polar surface area (TPSA) is 69.0 Å². The van der Waals surface area contributed by atoms with Gasteiger partial charge in [-0.05, 0) is 11.8 Å². The fourth-order valence-corrected chi connectivity index (χ4v) is 1.53. The fourth-order valence-electron chi connectivity index (χ4n) is 1.53. The predicted octanol–water partition coefficient (Wildman–Crippen LogP) is 1.02. The number of aromatic nitrogens is 3. The van der Waals surface area contributed by atoms with Crippen molar-refractivity contribution in [2.75, 3.05) is 19.7 Å². The van der Waals surface area contributed by atoms with Crippen LogP contribution in [0.5, 0.6) is 0 Å². The average molecular weight is 252 g/mol. The highest BCUT2D eigenvalue weighted by Crippen LogP contribution is 2.18. The van der Waals surface area contributed by atoms with Crippen LogP contribution in [0.4, 0.5) is 0 Å². The van der Waals surface area contributed by atoms with Gasteiger partial charge >= 0.3 is 5.97 Å². The summed E-state index contributed by atoms with van der Waals surface area (Å²) in [6.07, 6.45) is 2.49. The van der Waals surface area contributed by atoms with E-state index in [-0.39, 0.29) is 11.1 Å². The van der Waals surface area contributed by atoms with E-state index < -0.39 is 5.97 Å². The molecule has 1 aliphatic rings. The third kappa shape index (κ3) is 3.29. The lowest BCUT2D eigenvalue weighted by atomic mass is 9.93. The highest BCUT2D eigenvalue weighted by molar-refractivity contribution is 5.86. The predicted molar refractivity (Wildman–Crippen MR) is 66.3 cm³/mol. The molecule has 2 heterocycles. The molecule has 0 spiro atoms. The molecule has 0 radical (unpaired) electrons. The second kappa shape index (κ2) is 5.06. The minimum atomic E-state index is -0.391. The quantitative estimate of drug-likeness (QED) is 0.810. The molecule has 1 N–H and O–H groups in total. The molecule has 1 saturated heterocycles. The summed E-state index contributed by atoms with van der Waals surface area (Å²) < 4.78 is 6.90. The summed E-state index contributed by atoms with van der Waals surface area (Å²) in [6.45, 7) is 8.51. The van der Waals surface area contributed by atoms with E-state index >= 15 is 0 Å². The number of carbonyl (C=O) groups excluding carboxylic acids is 1. The Morgan fingerprint density at radius 1 is 1.56 bits per heavy atom. The molecule has 0 aromatic carbocycles. The molecule has 1 fully saturated rings. The van der Waals surface area contributed by atoms with Crippen LogP contribution in [0.3, 0.4) is 0 Å². The van der Waals surface area contributed by atoms with Gasteiger partial charge in [0.15, 0.2) is 5.69 Å². The molecular formula is C12H20N4O2. The highest BCUT2D eigenvalue weighted by atomic mass is 16.5. The molecule has 0 bridgehead atoms. The average Bonchev–Trinajstić information content (AvgIpc) is 2.62. The van der Waals surface area contributed by atoms with Crippen molar-refractivity contribution in [2.24, 2.45) is 5.41 Å². The zero-order valence-corrected chi connectivity index (χ0v) is 11.1. The largest absolute Gasteiger partial charge is 0.461 e. The summed E-state index contributed by atoms with van der Waals surface area (Å²) in [5.41, 5.74) is 0.450. The van der Waals surface area contributed by atoms with E-state index in [1.165, 1.54) is 0 Å². The van der Waals surface area contributed by atoms with Gasteiger partial charge in [-0.1, -0.05) is 26.0 Å². The molecule has 0 atom stereocenters. The molecule has 0 aliphatic carbocycles. The highest BCUT2D eigenvalue weighted by Gasteiger charge is 2.22. The number of carbonyl (C=O) groups is 1. The van der Waals surface area contributed by atoms with Crippen LogP contribution in [0.25, 0.3) is 0 Å². The van der Waals surface area contributed by atoms with Crippen LogP contribution in [-0.4, -0.2) is 40.7 Å². The molecule has 100 valence electrons. The van der Waals surface area contributed by atoms with Gasteiger partial charge in [-0.2, -0.15) is 0 Å². The summed E-state index contributed by atoms with van der Waals surface area (Å²) in [5.74, 6) is -0.391. The molecule has 18 heavy (non-hydrogen) atoms. The molecule has 1 aromatic rings. The van der Waals surface area contributed by atoms with Gasteiger partial charge in [0.1, 0.15) is 0 Å². The Bertz CT molecular complexity index is 418. The Hall–Kier alpha value is -1.43. The molecule has 6 heteroatoms. The smallest absolute Gasteiger partial charge is 0.360 e. The Labute approximate surface area is 107 Å². The molecule has 0 amide bonds. The third-order valence-electron chi connectivity index (χ3n) is 2.94. The van der Waals surface area contributed by atoms with Gasteiger partial charge in [0, 0.05) is 13.1 Å². The van der Waals surface area contributed by atoms with Crippen molar-refractivity contribution in [3.63, 3.8) is 0 Å². The van der Waals surface area contributed by atoms with Gasteiger partial charge in [0.25, 0.3) is 0 Å². The van der Waals surface area contributed by atoms with E-state index in [1.54, 1.807) is 10.9 Å². The first kappa shape index (κ1) is 13.0. The van der Waals surface area contributed by atoms with Gasteiger partial charge in [0.05, 0.1) is 18.8 Å². The first-order chi connectivity index (χ1) is 8.46. The van der Waals surface area contributed by atoms with Crippen LogP contribution in [0.1, 0.15) is 43.7 Å². The fraction of sp³-hybridized carbons (Fsp3) is 0.750. The molecule has 0 saturated carbocycles. The van der Waals surface area contributed by atoms with Gasteiger partial charge < -0.3 is 10.1 Å². The van der Waals surface area contributed by atoms with Crippen molar-refractivity contribution >= 4 is 5.97 Å². The molecule has 0 unspecified atom stereocenters. The molecule has 1 aromatic heterocycles. The second-order valence-corrected chi connectivity index (χ2v) is 5.84. The molecule has 1 aliphatic heterocycles. The standard InChI is InChI=1S/C12H20N4O2/c1-12(2,3)4-5-18-11(17)10-8-16(15-14-10)9-6-13-7-9/h8-9,13H,4-7H2,1-3H3. The minimum Gasteiger partial charge on any atom is -0.461 e. The lowest BCUT2D eigenvalue weighted by molar-refractivity contribution is 0.0458. The number of nitrogens with one attached hydrogen (secondary N) is 1. The van der Waals surface area contributed by atoms with Crippen LogP contribution < -0.4 is 5.32 Å². The van der Waals surface area contributed by atoms with Crippen molar-refractivity contribution in [3.05, 3.63) is 11.9 Å². The minimum absolute atomic E-state index is 0.162. The summed E-state index contributed by atoms with van der Waals surface area (Å²) in [6, 6.07) is 0.314. The van der Waals surface area contributed by atoms with Crippen molar-refractivity contribution in [1.29, 1.82) is 0 Å². The monoisotopic (exact) mass is 252 g/mol. The number of hydrogen-bond donors (Lipinski definition) is 1. The summed E-state index contributed by atoms with van der Waals surface area (Å²) in [5, 5.41) is 10.9. The van der Waals surface area contributed by atoms with Gasteiger partial charge in [-0.15, -0.1) is 5.10 Å². The van der Waals surface area contributed by atoms with Crippen molar-refractivity contribution in [2.45, 2.75) is 33.2 Å². The number of ether oxygens (including phenoxy) is 1. The first-order valence-electron chi connectivity index (χ1n) is 6.25. The first-order valence-corrected chi connectivity index (χ1v) is 6.25. The normalized spacial score (nSPS) is 16.4. The SMILES string of the molecule is CC(C)(C)CCOC(=O)c1cn(C2CNC2)nn1. The lowest BCUT2D eigenvalue weighted by Gasteiger charge is -2.26. The van der Waals surface area contributed by atoms with E-state index in [0.29, 0.717) is 12.6 Å². The Kier molecular flexibility index (Phi) is 3.65. The van der Waals surface area contributed by atoms with E-state index in [1.807, 2.05) is 0 Å². The Balaban J connectivity index is 1.83. The van der Waals surface area contributed by atoms with Crippen molar-refractivity contribution in [3.8, 4) is 0 Å². The Morgan fingerprint density at radius 2 is 2.28 bits per heavy atom. The lowest BCUT2D eigenvalue weighted by Crippen LogP contribution is -2.43. The Morgan fingerprint density at radius 3 is 2.83 bits per heavy atom. The van der Waals surface area contributed by atoms with E-state index in [0.717, 1.165) is 19.5 Å². The summed E-state index contributed by atoms with van der Waals surface area (Å²) in [7, 11) is 0. The van der Waals surface area contributed by atoms with Crippen molar-refractivity contribution in [1.82, 2.24) is 20.3 Å². The molecule has 6 nitrogen and oxygen atoms in total. The zero-order chi connectivity index (χ0) is 13.2. The van der Waals surface area contributed by atoms with Crippen molar-refractivity contribution < 1.29 is 9.53 Å². The molecular weight excluding hydrogens is 232 g/mol. The van der Waals surface area contributed by atoms with Gasteiger partial charge in [-0.25, -0.2) is 9.48 Å². The summed E-state index contributed by atoms with van der Waals surface area (Å²) >= 11 is 0. The maximum Gasteiger partial charge on any atom is 0.360 e. The van der Waals surface area contributed by atoms with E-state index in [2.05, 4.69) is 36.4 Å². The number of esters is 1. The van der Waals surface area contributed by atoms with Crippen LogP contribution in [0, 0.1) is 5.41 Å².